The maximum absolute atomic E-state index is 13.3. The Morgan fingerprint density at radius 3 is 2.48 bits per heavy atom. The lowest BCUT2D eigenvalue weighted by molar-refractivity contribution is -0.137. The Morgan fingerprint density at radius 1 is 0.939 bits per heavy atom. The molecule has 164 valence electrons. The van der Waals surface area contributed by atoms with Gasteiger partial charge >= 0.3 is 6.18 Å². The molecule has 0 aliphatic carbocycles. The van der Waals surface area contributed by atoms with Crippen molar-refractivity contribution in [3.63, 3.8) is 0 Å². The lowest BCUT2D eigenvalue weighted by atomic mass is 10.1. The maximum atomic E-state index is 13.3. The Hall–Kier alpha value is -4.05. The Labute approximate surface area is 189 Å². The van der Waals surface area contributed by atoms with Gasteiger partial charge in [0.1, 0.15) is 5.01 Å². The number of amides is 1. The summed E-state index contributed by atoms with van der Waals surface area (Å²) in [7, 11) is 0. The van der Waals surface area contributed by atoms with Crippen molar-refractivity contribution in [3.8, 4) is 16.3 Å². The number of halogens is 3. The number of nitrogens with one attached hydrogen (secondary N) is 1. The minimum atomic E-state index is -4.57. The van der Waals surface area contributed by atoms with Gasteiger partial charge in [0.2, 0.25) is 0 Å². The number of alkyl halides is 3. The quantitative estimate of drug-likeness (QED) is 0.363. The van der Waals surface area contributed by atoms with E-state index >= 15 is 0 Å². The van der Waals surface area contributed by atoms with E-state index in [4.69, 9.17) is 0 Å². The van der Waals surface area contributed by atoms with Crippen LogP contribution in [0.3, 0.4) is 0 Å². The molecule has 1 amide bonds. The summed E-state index contributed by atoms with van der Waals surface area (Å²) in [6.07, 6.45) is -3.40. The molecule has 10 heteroatoms. The molecule has 0 aliphatic heterocycles. The highest BCUT2D eigenvalue weighted by Crippen LogP contribution is 2.35. The van der Waals surface area contributed by atoms with Crippen LogP contribution in [0.4, 0.5) is 18.9 Å². The van der Waals surface area contributed by atoms with Crippen LogP contribution >= 0.6 is 11.3 Å². The molecule has 0 radical (unpaired) electrons. The first-order chi connectivity index (χ1) is 15.9. The molecule has 0 atom stereocenters. The molecule has 0 unspecified atom stereocenters. The van der Waals surface area contributed by atoms with Crippen molar-refractivity contribution in [1.82, 2.24) is 20.0 Å². The molecule has 2 heterocycles. The number of rotatable bonds is 4. The van der Waals surface area contributed by atoms with Gasteiger partial charge < -0.3 is 5.32 Å². The second-order valence-electron chi connectivity index (χ2n) is 7.05. The second-order valence-corrected chi connectivity index (χ2v) is 8.08. The van der Waals surface area contributed by atoms with Crippen LogP contribution in [0.15, 0.2) is 79.0 Å². The third-order valence-electron chi connectivity index (χ3n) is 4.88. The number of thiazole rings is 1. The first-order valence-electron chi connectivity index (χ1n) is 9.75. The number of aromatic nitrogens is 4. The van der Waals surface area contributed by atoms with Crippen molar-refractivity contribution in [2.75, 3.05) is 5.32 Å². The fourth-order valence-corrected chi connectivity index (χ4v) is 4.36. The number of anilines is 1. The minimum absolute atomic E-state index is 0.119. The molecule has 0 aliphatic rings. The fraction of sp³-hybridized carbons (Fsp3) is 0.0435. The molecule has 1 N–H and O–H groups in total. The van der Waals surface area contributed by atoms with E-state index in [-0.39, 0.29) is 11.4 Å². The minimum Gasteiger partial charge on any atom is -0.320 e. The van der Waals surface area contributed by atoms with Gasteiger partial charge in [0.15, 0.2) is 5.69 Å². The molecule has 5 rings (SSSR count). The topological polar surface area (TPSA) is 72.7 Å². The number of carbonyl (C=O) groups is 1. The van der Waals surface area contributed by atoms with Crippen molar-refractivity contribution in [2.45, 2.75) is 6.18 Å². The summed E-state index contributed by atoms with van der Waals surface area (Å²) >= 11 is 1.49. The monoisotopic (exact) mass is 465 g/mol. The molecule has 0 spiro atoms. The molecular weight excluding hydrogens is 451 g/mol. The SMILES string of the molecule is O=C(Nc1ccccc1-c1nc2ccccc2s1)c1cn(-c2ccccc2C(F)(F)F)nn1. The van der Waals surface area contributed by atoms with E-state index in [1.807, 2.05) is 36.4 Å². The normalized spacial score (nSPS) is 11.6. The first-order valence-corrected chi connectivity index (χ1v) is 10.6. The molecular formula is C23H14F3N5OS. The number of benzene rings is 3. The van der Waals surface area contributed by atoms with Gasteiger partial charge in [-0.1, -0.05) is 41.6 Å². The Bertz CT molecular complexity index is 1440. The van der Waals surface area contributed by atoms with Gasteiger partial charge in [0, 0.05) is 5.56 Å². The van der Waals surface area contributed by atoms with Crippen LogP contribution in [0.25, 0.3) is 26.5 Å². The van der Waals surface area contributed by atoms with Gasteiger partial charge in [-0.2, -0.15) is 13.2 Å². The van der Waals surface area contributed by atoms with Crippen LogP contribution in [0, 0.1) is 0 Å². The molecule has 0 saturated carbocycles. The van der Waals surface area contributed by atoms with Crippen LogP contribution in [-0.4, -0.2) is 25.9 Å². The summed E-state index contributed by atoms with van der Waals surface area (Å²) in [6, 6.07) is 19.8. The average molecular weight is 465 g/mol. The van der Waals surface area contributed by atoms with Gasteiger partial charge in [-0.3, -0.25) is 4.79 Å². The smallest absolute Gasteiger partial charge is 0.320 e. The number of nitrogens with zero attached hydrogens (tertiary/aromatic N) is 4. The summed E-state index contributed by atoms with van der Waals surface area (Å²) in [5.74, 6) is -0.598. The van der Waals surface area contributed by atoms with Crippen molar-refractivity contribution < 1.29 is 18.0 Å². The second kappa shape index (κ2) is 8.14. The summed E-state index contributed by atoms with van der Waals surface area (Å²) in [4.78, 5) is 17.5. The first kappa shape index (κ1) is 20.8. The maximum Gasteiger partial charge on any atom is 0.418 e. The zero-order valence-corrected chi connectivity index (χ0v) is 17.6. The number of hydrogen-bond donors (Lipinski definition) is 1. The van der Waals surface area contributed by atoms with Crippen molar-refractivity contribution >= 4 is 33.1 Å². The van der Waals surface area contributed by atoms with Crippen LogP contribution in [0.2, 0.25) is 0 Å². The van der Waals surface area contributed by atoms with E-state index in [1.165, 1.54) is 35.7 Å². The van der Waals surface area contributed by atoms with E-state index < -0.39 is 17.6 Å². The molecule has 0 bridgehead atoms. The zero-order valence-electron chi connectivity index (χ0n) is 16.7. The largest absolute Gasteiger partial charge is 0.418 e. The Morgan fingerprint density at radius 2 is 1.67 bits per heavy atom. The number of fused-ring (bicyclic) bond motifs is 1. The van der Waals surface area contributed by atoms with Crippen LogP contribution in [-0.2, 0) is 6.18 Å². The lowest BCUT2D eigenvalue weighted by Gasteiger charge is -2.11. The highest BCUT2D eigenvalue weighted by molar-refractivity contribution is 7.21. The highest BCUT2D eigenvalue weighted by Gasteiger charge is 2.34. The van der Waals surface area contributed by atoms with E-state index in [0.29, 0.717) is 5.69 Å². The highest BCUT2D eigenvalue weighted by atomic mass is 32.1. The van der Waals surface area contributed by atoms with E-state index in [2.05, 4.69) is 20.6 Å². The molecule has 6 nitrogen and oxygen atoms in total. The number of para-hydroxylation sites is 3. The van der Waals surface area contributed by atoms with Crippen LogP contribution in [0.5, 0.6) is 0 Å². The summed E-state index contributed by atoms with van der Waals surface area (Å²) < 4.78 is 41.9. The summed E-state index contributed by atoms with van der Waals surface area (Å²) in [5, 5.41) is 11.0. The van der Waals surface area contributed by atoms with Gasteiger partial charge in [-0.05, 0) is 36.4 Å². The van der Waals surface area contributed by atoms with E-state index in [9.17, 15) is 18.0 Å². The lowest BCUT2D eigenvalue weighted by Crippen LogP contribution is -2.13. The number of carbonyl (C=O) groups excluding carboxylic acids is 1. The fourth-order valence-electron chi connectivity index (χ4n) is 3.35. The molecule has 33 heavy (non-hydrogen) atoms. The predicted octanol–water partition coefficient (Wildman–Crippen LogP) is 5.82. The zero-order chi connectivity index (χ0) is 23.0. The van der Waals surface area contributed by atoms with E-state index in [1.54, 1.807) is 12.1 Å². The predicted molar refractivity (Wildman–Crippen MR) is 119 cm³/mol. The van der Waals surface area contributed by atoms with Crippen LogP contribution in [0.1, 0.15) is 16.1 Å². The Balaban J connectivity index is 1.44. The summed E-state index contributed by atoms with van der Waals surface area (Å²) in [6.45, 7) is 0. The third kappa shape index (κ3) is 4.08. The van der Waals surface area contributed by atoms with Crippen LogP contribution < -0.4 is 5.32 Å². The molecule has 0 fully saturated rings. The van der Waals surface area contributed by atoms with E-state index in [0.717, 1.165) is 31.5 Å². The molecule has 5 aromatic rings. The average Bonchev–Trinajstić information content (AvgIpc) is 3.46. The standard InChI is InChI=1S/C23H14F3N5OS/c24-23(25,26)15-8-2-5-11-19(15)31-13-18(29-30-31)21(32)27-16-9-3-1-7-14(16)22-28-17-10-4-6-12-20(17)33-22/h1-13H,(H,27,32). The van der Waals surface area contributed by atoms with Crippen molar-refractivity contribution in [2.24, 2.45) is 0 Å². The Kier molecular flexibility index (Phi) is 5.14. The van der Waals surface area contributed by atoms with Gasteiger partial charge in [-0.25, -0.2) is 9.67 Å². The summed E-state index contributed by atoms with van der Waals surface area (Å²) in [5.41, 5.74) is 0.874. The third-order valence-corrected chi connectivity index (χ3v) is 5.95. The number of hydrogen-bond acceptors (Lipinski definition) is 5. The molecule has 0 saturated heterocycles. The van der Waals surface area contributed by atoms with Crippen molar-refractivity contribution in [1.29, 1.82) is 0 Å². The van der Waals surface area contributed by atoms with Gasteiger partial charge in [-0.15, -0.1) is 16.4 Å². The molecule has 2 aromatic heterocycles. The van der Waals surface area contributed by atoms with Crippen molar-refractivity contribution in [3.05, 3.63) is 90.3 Å². The van der Waals surface area contributed by atoms with Gasteiger partial charge in [0.05, 0.1) is 33.4 Å². The molecule has 3 aromatic carbocycles. The van der Waals surface area contributed by atoms with Gasteiger partial charge in [0.25, 0.3) is 5.91 Å².